The summed E-state index contributed by atoms with van der Waals surface area (Å²) in [5.74, 6) is -0.363. The summed E-state index contributed by atoms with van der Waals surface area (Å²) in [5, 5.41) is 7.92. The smallest absolute Gasteiger partial charge is 0.245 e. The third-order valence-corrected chi connectivity index (χ3v) is 9.05. The number of ether oxygens (including phenoxy) is 5. The van der Waals surface area contributed by atoms with Crippen LogP contribution in [0.4, 0.5) is 0 Å². The molecule has 1 saturated carbocycles. The van der Waals surface area contributed by atoms with Gasteiger partial charge in [-0.1, -0.05) is 11.6 Å². The van der Waals surface area contributed by atoms with Crippen molar-refractivity contribution < 1.29 is 32.1 Å². The molecule has 2 atom stereocenters. The highest BCUT2D eigenvalue weighted by atomic mass is 35.5. The van der Waals surface area contributed by atoms with E-state index in [2.05, 4.69) is 30.1 Å². The molecule has 3 aromatic heterocycles. The van der Waals surface area contributed by atoms with Crippen molar-refractivity contribution in [2.24, 2.45) is 0 Å². The maximum Gasteiger partial charge on any atom is 0.245 e. The van der Waals surface area contributed by atoms with Gasteiger partial charge in [-0.15, -0.1) is 10.2 Å². The number of aromatic nitrogens is 7. The van der Waals surface area contributed by atoms with E-state index in [1.807, 2.05) is 0 Å². The summed E-state index contributed by atoms with van der Waals surface area (Å²) < 4.78 is 56.5. The third-order valence-electron chi connectivity index (χ3n) is 6.82. The highest BCUT2D eigenvalue weighted by Crippen LogP contribution is 2.48. The maximum absolute atomic E-state index is 13.7. The quantitative estimate of drug-likeness (QED) is 0.285. The Morgan fingerprint density at radius 3 is 2.10 bits per heavy atom. The van der Waals surface area contributed by atoms with Crippen molar-refractivity contribution in [1.82, 2.24) is 34.7 Å². The van der Waals surface area contributed by atoms with Crippen molar-refractivity contribution in [3.8, 4) is 17.4 Å². The summed E-state index contributed by atoms with van der Waals surface area (Å²) in [6, 6.07) is 0. The summed E-state index contributed by atoms with van der Waals surface area (Å²) in [7, 11) is 3.48. The lowest BCUT2D eigenvalue weighted by Crippen LogP contribution is -2.46. The van der Waals surface area contributed by atoms with E-state index in [0.717, 1.165) is 0 Å². The molecular formula is C23H30ClN7O7S. The Labute approximate surface area is 230 Å². The van der Waals surface area contributed by atoms with Gasteiger partial charge in [0.25, 0.3) is 0 Å². The fourth-order valence-electron chi connectivity index (χ4n) is 4.54. The lowest BCUT2D eigenvalue weighted by atomic mass is 9.78. The molecule has 0 aromatic carbocycles. The second-order valence-corrected chi connectivity index (χ2v) is 11.7. The standard InChI is InChI=1S/C23H30ClN7O7S/c1-13(18(34-2)19-25-9-15(24)10-26-19)39(32,33)11-16-29-30-20(14-7-23(8-14,37-5)38-6)31(16)17-21(35-3)27-12-28-22(17)36-4/h9-10,12-14,18H,7-8,11H2,1-6H3/t13-,18-/m0/s1. The predicted molar refractivity (Wildman–Crippen MR) is 138 cm³/mol. The molecule has 0 bridgehead atoms. The van der Waals surface area contributed by atoms with Gasteiger partial charge in [-0.05, 0) is 6.92 Å². The zero-order valence-electron chi connectivity index (χ0n) is 22.4. The van der Waals surface area contributed by atoms with Gasteiger partial charge in [0, 0.05) is 52.5 Å². The summed E-state index contributed by atoms with van der Waals surface area (Å²) in [4.78, 5) is 16.7. The predicted octanol–water partition coefficient (Wildman–Crippen LogP) is 2.08. The summed E-state index contributed by atoms with van der Waals surface area (Å²) in [6.07, 6.45) is 4.03. The molecule has 1 fully saturated rings. The van der Waals surface area contributed by atoms with Crippen LogP contribution in [0.1, 0.15) is 49.3 Å². The zero-order valence-corrected chi connectivity index (χ0v) is 23.9. The third kappa shape index (κ3) is 5.54. The fraction of sp³-hybridized carbons (Fsp3) is 0.565. The lowest BCUT2D eigenvalue weighted by Gasteiger charge is -2.44. The Morgan fingerprint density at radius 1 is 1.00 bits per heavy atom. The topological polar surface area (TPSA) is 163 Å². The van der Waals surface area contributed by atoms with Crippen LogP contribution in [-0.4, -0.2) is 89.7 Å². The highest BCUT2D eigenvalue weighted by molar-refractivity contribution is 7.91. The molecule has 0 amide bonds. The summed E-state index contributed by atoms with van der Waals surface area (Å²) >= 11 is 5.89. The van der Waals surface area contributed by atoms with E-state index in [4.69, 9.17) is 35.3 Å². The van der Waals surface area contributed by atoms with Gasteiger partial charge >= 0.3 is 0 Å². The van der Waals surface area contributed by atoms with E-state index in [0.29, 0.717) is 23.7 Å². The van der Waals surface area contributed by atoms with E-state index >= 15 is 0 Å². The number of methoxy groups -OCH3 is 5. The number of sulfone groups is 1. The Bertz CT molecular complexity index is 1370. The number of hydrogen-bond acceptors (Lipinski definition) is 13. The van der Waals surface area contributed by atoms with Crippen molar-refractivity contribution in [3.05, 3.63) is 41.2 Å². The van der Waals surface area contributed by atoms with Crippen LogP contribution in [0, 0.1) is 0 Å². The average molecular weight is 584 g/mol. The molecule has 212 valence electrons. The fourth-order valence-corrected chi connectivity index (χ4v) is 6.05. The van der Waals surface area contributed by atoms with Gasteiger partial charge in [0.15, 0.2) is 33.0 Å². The summed E-state index contributed by atoms with van der Waals surface area (Å²) in [6.45, 7) is 1.52. The van der Waals surface area contributed by atoms with Gasteiger partial charge in [-0.25, -0.2) is 18.4 Å². The van der Waals surface area contributed by atoms with Crippen LogP contribution in [0.2, 0.25) is 5.02 Å². The number of nitrogens with zero attached hydrogens (tertiary/aromatic N) is 7. The molecule has 0 unspecified atom stereocenters. The van der Waals surface area contributed by atoms with E-state index < -0.39 is 32.7 Å². The molecule has 0 spiro atoms. The van der Waals surface area contributed by atoms with Crippen LogP contribution >= 0.6 is 11.6 Å². The molecule has 0 aliphatic heterocycles. The van der Waals surface area contributed by atoms with Crippen molar-refractivity contribution in [2.45, 2.75) is 48.6 Å². The second-order valence-electron chi connectivity index (χ2n) is 8.90. The Hall–Kier alpha value is -2.98. The van der Waals surface area contributed by atoms with Gasteiger partial charge in [0.2, 0.25) is 11.8 Å². The Balaban J connectivity index is 1.77. The van der Waals surface area contributed by atoms with E-state index in [1.54, 1.807) is 18.8 Å². The first-order chi connectivity index (χ1) is 18.6. The number of hydrogen-bond donors (Lipinski definition) is 0. The minimum absolute atomic E-state index is 0.113. The SMILES string of the molecule is COc1ncnc(OC)c1-n1c(CS(=O)(=O)[C@@H](C)[C@H](OC)c2ncc(Cl)cn2)nnc1C1CC(OC)(OC)C1. The Morgan fingerprint density at radius 2 is 1.59 bits per heavy atom. The van der Waals surface area contributed by atoms with E-state index in [1.165, 1.54) is 47.0 Å². The second kappa shape index (κ2) is 11.6. The molecule has 14 nitrogen and oxygen atoms in total. The first-order valence-corrected chi connectivity index (χ1v) is 13.9. The zero-order chi connectivity index (χ0) is 28.4. The van der Waals surface area contributed by atoms with Crippen LogP contribution in [0.25, 0.3) is 5.69 Å². The van der Waals surface area contributed by atoms with Crippen LogP contribution in [-0.2, 0) is 29.8 Å². The highest BCUT2D eigenvalue weighted by Gasteiger charge is 2.49. The van der Waals surface area contributed by atoms with E-state index in [-0.39, 0.29) is 35.0 Å². The molecular weight excluding hydrogens is 554 g/mol. The van der Waals surface area contributed by atoms with Crippen molar-refractivity contribution in [2.75, 3.05) is 35.5 Å². The lowest BCUT2D eigenvalue weighted by molar-refractivity contribution is -0.258. The van der Waals surface area contributed by atoms with Crippen molar-refractivity contribution in [3.63, 3.8) is 0 Å². The normalized spacial score (nSPS) is 16.9. The van der Waals surface area contributed by atoms with Crippen molar-refractivity contribution in [1.29, 1.82) is 0 Å². The molecule has 1 aliphatic carbocycles. The van der Waals surface area contributed by atoms with Gasteiger partial charge in [0.05, 0.1) is 24.5 Å². The number of halogens is 1. The van der Waals surface area contributed by atoms with Gasteiger partial charge in [-0.2, -0.15) is 9.97 Å². The summed E-state index contributed by atoms with van der Waals surface area (Å²) in [5.41, 5.74) is 0.275. The maximum atomic E-state index is 13.7. The molecule has 39 heavy (non-hydrogen) atoms. The molecule has 1 aliphatic rings. The molecule has 3 aromatic rings. The largest absolute Gasteiger partial charge is 0.479 e. The minimum Gasteiger partial charge on any atom is -0.479 e. The molecule has 4 rings (SSSR count). The molecule has 16 heteroatoms. The van der Waals surface area contributed by atoms with Crippen LogP contribution < -0.4 is 9.47 Å². The molecule has 0 saturated heterocycles. The van der Waals surface area contributed by atoms with E-state index in [9.17, 15) is 8.42 Å². The first-order valence-electron chi connectivity index (χ1n) is 11.8. The first kappa shape index (κ1) is 29.0. The van der Waals surface area contributed by atoms with Crippen LogP contribution in [0.5, 0.6) is 11.8 Å². The molecule has 0 radical (unpaired) electrons. The minimum atomic E-state index is -3.92. The molecule has 0 N–H and O–H groups in total. The monoisotopic (exact) mass is 583 g/mol. The van der Waals surface area contributed by atoms with Gasteiger partial charge < -0.3 is 23.7 Å². The van der Waals surface area contributed by atoms with Gasteiger partial charge in [0.1, 0.15) is 24.0 Å². The van der Waals surface area contributed by atoms with Crippen LogP contribution in [0.3, 0.4) is 0 Å². The number of rotatable bonds is 12. The molecule has 3 heterocycles. The van der Waals surface area contributed by atoms with Crippen molar-refractivity contribution >= 4 is 21.4 Å². The van der Waals surface area contributed by atoms with Gasteiger partial charge in [-0.3, -0.25) is 4.57 Å². The van der Waals surface area contributed by atoms with Crippen LogP contribution in [0.15, 0.2) is 18.7 Å². The average Bonchev–Trinajstić information content (AvgIpc) is 3.31. The Kier molecular flexibility index (Phi) is 8.66.